The summed E-state index contributed by atoms with van der Waals surface area (Å²) < 4.78 is 12.0. The van der Waals surface area contributed by atoms with Gasteiger partial charge in [0.1, 0.15) is 0 Å². The molecule has 0 saturated heterocycles. The van der Waals surface area contributed by atoms with Gasteiger partial charge in [0, 0.05) is 17.8 Å². The lowest BCUT2D eigenvalue weighted by Crippen LogP contribution is -2.37. The Morgan fingerprint density at radius 2 is 1.65 bits per heavy atom. The summed E-state index contributed by atoms with van der Waals surface area (Å²) in [5, 5.41) is 6.65. The molecule has 0 aromatic heterocycles. The van der Waals surface area contributed by atoms with E-state index in [-0.39, 0.29) is 12.1 Å². The molecule has 6 heteroatoms. The maximum absolute atomic E-state index is 12.2. The highest BCUT2D eigenvalue weighted by Crippen LogP contribution is 2.36. The number of carbonyl (C=O) groups is 1. The largest absolute Gasteiger partial charge is 0.490 e. The molecule has 2 N–H and O–H groups in total. The molecule has 0 unspecified atom stereocenters. The van der Waals surface area contributed by atoms with E-state index in [1.54, 1.807) is 11.8 Å². The number of anilines is 1. The van der Waals surface area contributed by atoms with Gasteiger partial charge in [0.05, 0.1) is 6.61 Å². The van der Waals surface area contributed by atoms with Crippen molar-refractivity contribution < 1.29 is 14.3 Å². The molecular formula is C28H48N2O3S. The van der Waals surface area contributed by atoms with E-state index in [0.29, 0.717) is 23.8 Å². The van der Waals surface area contributed by atoms with Crippen molar-refractivity contribution in [3.05, 3.63) is 39.8 Å². The number of ether oxygens (including phenoxy) is 2. The number of carbonyl (C=O) groups excluding carboxylic acids is 1. The molecule has 1 aromatic carbocycles. The molecule has 194 valence electrons. The number of hydrogen-bond acceptors (Lipinski definition) is 4. The van der Waals surface area contributed by atoms with Gasteiger partial charge in [-0.1, -0.05) is 65.3 Å². The summed E-state index contributed by atoms with van der Waals surface area (Å²) in [4.78, 5) is 13.4. The maximum atomic E-state index is 12.2. The van der Waals surface area contributed by atoms with Gasteiger partial charge in [-0.05, 0) is 76.0 Å². The van der Waals surface area contributed by atoms with Gasteiger partial charge in [-0.25, -0.2) is 4.79 Å². The highest BCUT2D eigenvalue weighted by molar-refractivity contribution is 8.06. The van der Waals surface area contributed by atoms with Crippen LogP contribution < -0.4 is 20.1 Å². The minimum Gasteiger partial charge on any atom is -0.490 e. The number of thioether (sulfide) groups is 1. The zero-order valence-corrected chi connectivity index (χ0v) is 23.9. The summed E-state index contributed by atoms with van der Waals surface area (Å²) in [7, 11) is 0. The van der Waals surface area contributed by atoms with Crippen LogP contribution in [-0.4, -0.2) is 18.7 Å². The first kappa shape index (κ1) is 31.9. The second-order valence-electron chi connectivity index (χ2n) is 8.79. The van der Waals surface area contributed by atoms with Gasteiger partial charge in [-0.2, -0.15) is 0 Å². The number of rotatable bonds is 12. The van der Waals surface area contributed by atoms with Gasteiger partial charge in [-0.15, -0.1) is 0 Å². The third-order valence-corrected chi connectivity index (χ3v) is 6.44. The molecule has 5 nitrogen and oxygen atoms in total. The van der Waals surface area contributed by atoms with Crippen molar-refractivity contribution >= 4 is 23.5 Å². The van der Waals surface area contributed by atoms with Crippen molar-refractivity contribution in [1.82, 2.24) is 5.32 Å². The molecule has 1 rings (SSSR count). The number of nitrogens with one attached hydrogen (secondary N) is 2. The van der Waals surface area contributed by atoms with Gasteiger partial charge >= 0.3 is 6.03 Å². The molecule has 0 radical (unpaired) electrons. The molecule has 0 spiro atoms. The van der Waals surface area contributed by atoms with E-state index in [0.717, 1.165) is 30.3 Å². The lowest BCUT2D eigenvalue weighted by atomic mass is 10.2. The molecule has 1 aromatic rings. The molecule has 0 saturated carbocycles. The van der Waals surface area contributed by atoms with E-state index >= 15 is 0 Å². The van der Waals surface area contributed by atoms with E-state index in [2.05, 4.69) is 72.9 Å². The lowest BCUT2D eigenvalue weighted by Gasteiger charge is -2.17. The topological polar surface area (TPSA) is 59.6 Å². The maximum Gasteiger partial charge on any atom is 0.319 e. The summed E-state index contributed by atoms with van der Waals surface area (Å²) in [5.74, 6) is 2.13. The predicted octanol–water partition coefficient (Wildman–Crippen LogP) is 9.12. The molecule has 0 aliphatic carbocycles. The predicted molar refractivity (Wildman–Crippen MR) is 150 cm³/mol. The van der Waals surface area contributed by atoms with Crippen molar-refractivity contribution in [2.75, 3.05) is 11.9 Å². The Morgan fingerprint density at radius 3 is 2.12 bits per heavy atom. The minimum absolute atomic E-state index is 0.168. The van der Waals surface area contributed by atoms with Crippen molar-refractivity contribution in [2.45, 2.75) is 101 Å². The van der Waals surface area contributed by atoms with Crippen LogP contribution in [0.4, 0.5) is 10.5 Å². The Hall–Kier alpha value is -2.08. The van der Waals surface area contributed by atoms with Crippen LogP contribution in [0, 0.1) is 5.92 Å². The van der Waals surface area contributed by atoms with E-state index < -0.39 is 0 Å². The summed E-state index contributed by atoms with van der Waals surface area (Å²) in [6.45, 7) is 21.6. The monoisotopic (exact) mass is 492 g/mol. The van der Waals surface area contributed by atoms with Gasteiger partial charge in [0.25, 0.3) is 0 Å². The van der Waals surface area contributed by atoms with Crippen LogP contribution in [0.1, 0.15) is 94.9 Å². The minimum atomic E-state index is -0.210. The molecule has 34 heavy (non-hydrogen) atoms. The number of amides is 2. The number of hydrogen-bond donors (Lipinski definition) is 2. The molecule has 0 heterocycles. The van der Waals surface area contributed by atoms with Crippen molar-refractivity contribution in [1.29, 1.82) is 0 Å². The van der Waals surface area contributed by atoms with Crippen LogP contribution in [0.2, 0.25) is 0 Å². The Kier molecular flexibility index (Phi) is 17.2. The molecule has 0 atom stereocenters. The standard InChI is InChI=1S/C23H36N2O3S.C5H12/c1-8-14-27-21-15-19(25-23(26)24-18(9-2)10-3)12-13-20(21)28-22(11-4)29-17(7)16(5)6;1-4-5(2)3/h11-13,15,18H,8-10,14H2,1-7H3,(H2,24,25,26);5H,4H2,1-3H3/b22-11-;. The quantitative estimate of drug-likeness (QED) is 0.286. The third kappa shape index (κ3) is 13.6. The van der Waals surface area contributed by atoms with Crippen LogP contribution in [0.25, 0.3) is 0 Å². The summed E-state index contributed by atoms with van der Waals surface area (Å²) in [6, 6.07) is 5.42. The highest BCUT2D eigenvalue weighted by Gasteiger charge is 2.13. The van der Waals surface area contributed by atoms with Crippen molar-refractivity contribution in [3.63, 3.8) is 0 Å². The molecule has 0 aliphatic heterocycles. The van der Waals surface area contributed by atoms with Gasteiger partial charge in [0.2, 0.25) is 0 Å². The first-order valence-electron chi connectivity index (χ1n) is 12.6. The SMILES string of the molecule is C/C=C(/Oc1ccc(NC(=O)NC(CC)CC)cc1OCCC)SC(C)=C(C)C.CCC(C)C. The average Bonchev–Trinajstić information content (AvgIpc) is 2.81. The summed E-state index contributed by atoms with van der Waals surface area (Å²) in [5.41, 5.74) is 1.92. The zero-order chi connectivity index (χ0) is 26.1. The lowest BCUT2D eigenvalue weighted by molar-refractivity contribution is 0.247. The normalized spacial score (nSPS) is 11.0. The number of benzene rings is 1. The van der Waals surface area contributed by atoms with E-state index in [1.165, 1.54) is 16.9 Å². The van der Waals surface area contributed by atoms with Crippen molar-refractivity contribution in [2.24, 2.45) is 5.92 Å². The van der Waals surface area contributed by atoms with Crippen LogP contribution in [0.5, 0.6) is 11.5 Å². The zero-order valence-electron chi connectivity index (χ0n) is 23.1. The Balaban J connectivity index is 0.00000196. The van der Waals surface area contributed by atoms with Crippen molar-refractivity contribution in [3.8, 4) is 11.5 Å². The Bertz CT molecular complexity index is 780. The van der Waals surface area contributed by atoms with Crippen LogP contribution in [-0.2, 0) is 0 Å². The second-order valence-corrected chi connectivity index (χ2v) is 10.0. The third-order valence-electron chi connectivity index (χ3n) is 5.20. The number of allylic oxidation sites excluding steroid dienone is 3. The fraction of sp³-hybridized carbons (Fsp3) is 0.607. The molecule has 0 bridgehead atoms. The second kappa shape index (κ2) is 18.3. The molecule has 0 aliphatic rings. The van der Waals surface area contributed by atoms with E-state index in [1.807, 2.05) is 31.2 Å². The fourth-order valence-electron chi connectivity index (χ4n) is 2.34. The average molecular weight is 493 g/mol. The fourth-order valence-corrected chi connectivity index (χ4v) is 3.10. The summed E-state index contributed by atoms with van der Waals surface area (Å²) >= 11 is 1.59. The summed E-state index contributed by atoms with van der Waals surface area (Å²) in [6.07, 6.45) is 5.93. The highest BCUT2D eigenvalue weighted by atomic mass is 32.2. The van der Waals surface area contributed by atoms with Gasteiger partial charge in [-0.3, -0.25) is 0 Å². The molecule has 0 fully saturated rings. The molecular weight excluding hydrogens is 444 g/mol. The van der Waals surface area contributed by atoms with Crippen LogP contribution in [0.3, 0.4) is 0 Å². The first-order valence-corrected chi connectivity index (χ1v) is 13.4. The van der Waals surface area contributed by atoms with E-state index in [4.69, 9.17) is 9.47 Å². The van der Waals surface area contributed by atoms with E-state index in [9.17, 15) is 4.79 Å². The van der Waals surface area contributed by atoms with Gasteiger partial charge in [0.15, 0.2) is 16.6 Å². The Labute approximate surface area is 213 Å². The smallest absolute Gasteiger partial charge is 0.319 e. The van der Waals surface area contributed by atoms with Crippen LogP contribution in [0.15, 0.2) is 39.8 Å². The number of urea groups is 1. The van der Waals surface area contributed by atoms with Gasteiger partial charge < -0.3 is 20.1 Å². The first-order chi connectivity index (χ1) is 16.1. The van der Waals surface area contributed by atoms with Crippen LogP contribution >= 0.6 is 11.8 Å². The Morgan fingerprint density at radius 1 is 1.03 bits per heavy atom. The molecule has 2 amide bonds.